The van der Waals surface area contributed by atoms with Crippen LogP contribution in [0.4, 0.5) is 0 Å². The third-order valence-corrected chi connectivity index (χ3v) is 5.94. The molecule has 0 aromatic heterocycles. The minimum atomic E-state index is -0.312. The average molecular weight is 446 g/mol. The number of halogens is 1. The Balaban J connectivity index is 0. The van der Waals surface area contributed by atoms with Gasteiger partial charge in [-0.25, -0.2) is 4.79 Å². The van der Waals surface area contributed by atoms with Crippen LogP contribution in [0.25, 0.3) is 0 Å². The van der Waals surface area contributed by atoms with Crippen LogP contribution >= 0.6 is 0 Å². The zero-order chi connectivity index (χ0) is 21.6. The Labute approximate surface area is 195 Å². The van der Waals surface area contributed by atoms with Crippen molar-refractivity contribution in [3.05, 3.63) is 12.7 Å². The summed E-state index contributed by atoms with van der Waals surface area (Å²) in [5.74, 6) is -0.312. The van der Waals surface area contributed by atoms with Crippen LogP contribution < -0.4 is 12.4 Å². The van der Waals surface area contributed by atoms with E-state index >= 15 is 0 Å². The standard InChI is InChI=1S/C26H52NO2.ClH/c1-5-7-8-9-10-11-12-13-14-15-16-17-18-19-20-21-23-27(3,4)24-22-25-29-26(28)6-2;/h6H,2,5,7-25H2,1,3-4H3;1H/q+1;/p-1. The summed E-state index contributed by atoms with van der Waals surface area (Å²) < 4.78 is 6.07. The van der Waals surface area contributed by atoms with Crippen LogP contribution in [0.2, 0.25) is 0 Å². The van der Waals surface area contributed by atoms with Gasteiger partial charge < -0.3 is 21.6 Å². The minimum Gasteiger partial charge on any atom is -1.00 e. The van der Waals surface area contributed by atoms with Gasteiger partial charge in [0.15, 0.2) is 0 Å². The van der Waals surface area contributed by atoms with Gasteiger partial charge in [0.2, 0.25) is 0 Å². The molecule has 0 aliphatic carbocycles. The van der Waals surface area contributed by atoms with E-state index in [0.29, 0.717) is 6.61 Å². The van der Waals surface area contributed by atoms with Crippen LogP contribution in [0.15, 0.2) is 12.7 Å². The first-order chi connectivity index (χ1) is 14.0. The van der Waals surface area contributed by atoms with Gasteiger partial charge in [-0.1, -0.05) is 103 Å². The molecule has 0 atom stereocenters. The molecule has 0 unspecified atom stereocenters. The molecule has 0 fully saturated rings. The molecule has 0 rings (SSSR count). The number of quaternary nitrogens is 1. The maximum Gasteiger partial charge on any atom is 0.330 e. The lowest BCUT2D eigenvalue weighted by atomic mass is 10.0. The van der Waals surface area contributed by atoms with Gasteiger partial charge in [-0.2, -0.15) is 0 Å². The van der Waals surface area contributed by atoms with Gasteiger partial charge in [-0.3, -0.25) is 0 Å². The zero-order valence-corrected chi connectivity index (χ0v) is 21.3. The summed E-state index contributed by atoms with van der Waals surface area (Å²) in [7, 11) is 4.56. The summed E-state index contributed by atoms with van der Waals surface area (Å²) in [6.45, 7) is 8.49. The number of nitrogens with zero attached hydrogens (tertiary/aromatic N) is 1. The molecule has 3 nitrogen and oxygen atoms in total. The number of ether oxygens (including phenoxy) is 1. The fourth-order valence-corrected chi connectivity index (χ4v) is 3.92. The number of carbonyl (C=O) groups excluding carboxylic acids is 1. The van der Waals surface area contributed by atoms with E-state index in [-0.39, 0.29) is 18.4 Å². The highest BCUT2D eigenvalue weighted by atomic mass is 35.5. The molecule has 0 aromatic carbocycles. The van der Waals surface area contributed by atoms with Crippen LogP contribution in [0.1, 0.15) is 116 Å². The molecule has 30 heavy (non-hydrogen) atoms. The molecular formula is C26H52ClNO2. The van der Waals surface area contributed by atoms with Crippen molar-refractivity contribution in [3.63, 3.8) is 0 Å². The smallest absolute Gasteiger partial charge is 0.330 e. The normalized spacial score (nSPS) is 11.2. The quantitative estimate of drug-likeness (QED) is 0.106. The summed E-state index contributed by atoms with van der Waals surface area (Å²) >= 11 is 0. The van der Waals surface area contributed by atoms with Gasteiger partial charge in [0, 0.05) is 12.5 Å². The van der Waals surface area contributed by atoms with Crippen LogP contribution in [-0.2, 0) is 9.53 Å². The highest BCUT2D eigenvalue weighted by Gasteiger charge is 2.14. The van der Waals surface area contributed by atoms with Gasteiger partial charge in [-0.05, 0) is 12.8 Å². The van der Waals surface area contributed by atoms with Crippen molar-refractivity contribution in [1.29, 1.82) is 0 Å². The lowest BCUT2D eigenvalue weighted by molar-refractivity contribution is -0.890. The van der Waals surface area contributed by atoms with E-state index in [0.717, 1.165) is 17.4 Å². The Morgan fingerprint density at radius 2 is 1.07 bits per heavy atom. The number of unbranched alkanes of at least 4 members (excludes halogenated alkanes) is 15. The van der Waals surface area contributed by atoms with Gasteiger partial charge in [0.1, 0.15) is 0 Å². The fraction of sp³-hybridized carbons (Fsp3) is 0.885. The molecule has 0 radical (unpaired) electrons. The van der Waals surface area contributed by atoms with E-state index in [9.17, 15) is 4.79 Å². The first-order valence-corrected chi connectivity index (χ1v) is 12.6. The third-order valence-electron chi connectivity index (χ3n) is 5.94. The largest absolute Gasteiger partial charge is 1.00 e. The number of hydrogen-bond acceptors (Lipinski definition) is 2. The van der Waals surface area contributed by atoms with E-state index in [2.05, 4.69) is 27.6 Å². The predicted molar refractivity (Wildman–Crippen MR) is 127 cm³/mol. The van der Waals surface area contributed by atoms with Crippen LogP contribution in [0, 0.1) is 0 Å². The molecule has 0 heterocycles. The molecule has 180 valence electrons. The molecule has 0 spiro atoms. The van der Waals surface area contributed by atoms with E-state index in [1.54, 1.807) is 0 Å². The fourth-order valence-electron chi connectivity index (χ4n) is 3.92. The molecule has 0 aliphatic rings. The summed E-state index contributed by atoms with van der Waals surface area (Å²) in [6.07, 6.45) is 24.8. The Hall–Kier alpha value is -0.540. The monoisotopic (exact) mass is 445 g/mol. The average Bonchev–Trinajstić information content (AvgIpc) is 2.70. The maximum atomic E-state index is 11.0. The minimum absolute atomic E-state index is 0. The predicted octanol–water partition coefficient (Wildman–Crippen LogP) is 4.45. The van der Waals surface area contributed by atoms with Gasteiger partial charge >= 0.3 is 5.97 Å². The summed E-state index contributed by atoms with van der Waals surface area (Å²) in [6, 6.07) is 0. The Morgan fingerprint density at radius 3 is 1.47 bits per heavy atom. The van der Waals surface area contributed by atoms with Gasteiger partial charge in [0.05, 0.1) is 33.8 Å². The van der Waals surface area contributed by atoms with Crippen molar-refractivity contribution < 1.29 is 26.4 Å². The second-order valence-corrected chi connectivity index (χ2v) is 9.41. The Bertz CT molecular complexity index is 385. The van der Waals surface area contributed by atoms with Crippen molar-refractivity contribution in [2.75, 3.05) is 33.8 Å². The second kappa shape index (κ2) is 23.1. The van der Waals surface area contributed by atoms with Crippen molar-refractivity contribution in [2.45, 2.75) is 116 Å². The Morgan fingerprint density at radius 1 is 0.700 bits per heavy atom. The van der Waals surface area contributed by atoms with E-state index < -0.39 is 0 Å². The van der Waals surface area contributed by atoms with Crippen molar-refractivity contribution in [2.24, 2.45) is 0 Å². The third kappa shape index (κ3) is 23.7. The molecule has 0 saturated carbocycles. The van der Waals surface area contributed by atoms with Crippen LogP contribution in [0.3, 0.4) is 0 Å². The van der Waals surface area contributed by atoms with Crippen molar-refractivity contribution >= 4 is 5.97 Å². The molecule has 4 heteroatoms. The van der Waals surface area contributed by atoms with Gasteiger partial charge in [-0.15, -0.1) is 0 Å². The number of rotatable bonds is 22. The first kappa shape index (κ1) is 31.6. The lowest BCUT2D eigenvalue weighted by Crippen LogP contribution is -3.00. The highest BCUT2D eigenvalue weighted by Crippen LogP contribution is 2.14. The molecule has 0 aromatic rings. The highest BCUT2D eigenvalue weighted by molar-refractivity contribution is 5.81. The van der Waals surface area contributed by atoms with E-state index in [1.807, 2.05) is 0 Å². The lowest BCUT2D eigenvalue weighted by Gasteiger charge is -2.29. The Kier molecular flexibility index (Phi) is 24.4. The molecule has 0 saturated heterocycles. The molecule has 0 N–H and O–H groups in total. The SMILES string of the molecule is C=CC(=O)OCCC[N+](C)(C)CCCCCCCCCCCCCCCCCC.[Cl-]. The molecule has 0 amide bonds. The summed E-state index contributed by atoms with van der Waals surface area (Å²) in [5, 5.41) is 0. The van der Waals surface area contributed by atoms with Crippen molar-refractivity contribution in [1.82, 2.24) is 0 Å². The van der Waals surface area contributed by atoms with Crippen LogP contribution in [0.5, 0.6) is 0 Å². The maximum absolute atomic E-state index is 11.0. The summed E-state index contributed by atoms with van der Waals surface area (Å²) in [5.41, 5.74) is 0. The van der Waals surface area contributed by atoms with E-state index in [4.69, 9.17) is 4.74 Å². The number of carbonyl (C=O) groups is 1. The molecule has 0 bridgehead atoms. The summed E-state index contributed by atoms with van der Waals surface area (Å²) in [4.78, 5) is 11.0. The molecule has 0 aliphatic heterocycles. The van der Waals surface area contributed by atoms with Crippen molar-refractivity contribution in [3.8, 4) is 0 Å². The van der Waals surface area contributed by atoms with E-state index in [1.165, 1.54) is 115 Å². The topological polar surface area (TPSA) is 26.3 Å². The zero-order valence-electron chi connectivity index (χ0n) is 20.6. The van der Waals surface area contributed by atoms with Gasteiger partial charge in [0.25, 0.3) is 0 Å². The van der Waals surface area contributed by atoms with Crippen LogP contribution in [-0.4, -0.2) is 44.2 Å². The number of hydrogen-bond donors (Lipinski definition) is 0. The first-order valence-electron chi connectivity index (χ1n) is 12.6. The second-order valence-electron chi connectivity index (χ2n) is 9.41. The molecular weight excluding hydrogens is 394 g/mol. The number of esters is 1.